The molecule has 1 aromatic heterocycles. The monoisotopic (exact) mass is 251 g/mol. The standard InChI is InChI=1S/C12H14ClN3O/c1-8-2-3-10-9(6-8)15-12(7-13)16(10)5-4-11(14)17/h2-3,6H,4-5,7H2,1H3,(H2,14,17). The molecule has 0 spiro atoms. The molecule has 1 amide bonds. The predicted molar refractivity (Wildman–Crippen MR) is 67.8 cm³/mol. The molecule has 0 radical (unpaired) electrons. The minimum Gasteiger partial charge on any atom is -0.370 e. The topological polar surface area (TPSA) is 60.9 Å². The van der Waals surface area contributed by atoms with Crippen LogP contribution >= 0.6 is 11.6 Å². The molecule has 17 heavy (non-hydrogen) atoms. The third-order valence-electron chi connectivity index (χ3n) is 2.68. The number of halogens is 1. The van der Waals surface area contributed by atoms with Crippen LogP contribution in [0.5, 0.6) is 0 Å². The molecular weight excluding hydrogens is 238 g/mol. The van der Waals surface area contributed by atoms with Crippen LogP contribution in [-0.2, 0) is 17.2 Å². The van der Waals surface area contributed by atoms with Crippen LogP contribution in [0.4, 0.5) is 0 Å². The van der Waals surface area contributed by atoms with Crippen LogP contribution in [0.2, 0.25) is 0 Å². The van der Waals surface area contributed by atoms with Gasteiger partial charge in [-0.3, -0.25) is 4.79 Å². The number of nitrogens with zero attached hydrogens (tertiary/aromatic N) is 2. The summed E-state index contributed by atoms with van der Waals surface area (Å²) in [7, 11) is 0. The molecule has 0 atom stereocenters. The van der Waals surface area contributed by atoms with Gasteiger partial charge >= 0.3 is 0 Å². The highest BCUT2D eigenvalue weighted by Gasteiger charge is 2.10. The fourth-order valence-electron chi connectivity index (χ4n) is 1.86. The number of benzene rings is 1. The number of aromatic nitrogens is 2. The first-order valence-electron chi connectivity index (χ1n) is 5.42. The average Bonchev–Trinajstić information content (AvgIpc) is 2.63. The van der Waals surface area contributed by atoms with Crippen molar-refractivity contribution in [2.24, 2.45) is 5.73 Å². The van der Waals surface area contributed by atoms with E-state index in [-0.39, 0.29) is 5.91 Å². The van der Waals surface area contributed by atoms with Crippen molar-refractivity contribution < 1.29 is 4.79 Å². The SMILES string of the molecule is Cc1ccc2c(c1)nc(CCl)n2CCC(N)=O. The molecule has 4 nitrogen and oxygen atoms in total. The van der Waals surface area contributed by atoms with Crippen LogP contribution in [0.15, 0.2) is 18.2 Å². The second-order valence-electron chi connectivity index (χ2n) is 4.02. The molecule has 2 aromatic rings. The lowest BCUT2D eigenvalue weighted by molar-refractivity contribution is -0.118. The van der Waals surface area contributed by atoms with Crippen LogP contribution in [0.1, 0.15) is 17.8 Å². The predicted octanol–water partition coefficient (Wildman–Crippen LogP) is 1.96. The van der Waals surface area contributed by atoms with E-state index in [0.717, 1.165) is 22.4 Å². The Morgan fingerprint density at radius 1 is 1.53 bits per heavy atom. The number of primary amides is 1. The van der Waals surface area contributed by atoms with Crippen molar-refractivity contribution in [2.45, 2.75) is 25.8 Å². The summed E-state index contributed by atoms with van der Waals surface area (Å²) in [4.78, 5) is 15.3. The van der Waals surface area contributed by atoms with Crippen LogP contribution in [0, 0.1) is 6.92 Å². The van der Waals surface area contributed by atoms with Crippen LogP contribution in [0.3, 0.4) is 0 Å². The Hall–Kier alpha value is -1.55. The highest BCUT2D eigenvalue weighted by molar-refractivity contribution is 6.16. The number of amides is 1. The quantitative estimate of drug-likeness (QED) is 0.845. The minimum atomic E-state index is -0.320. The first-order valence-corrected chi connectivity index (χ1v) is 5.95. The number of hydrogen-bond donors (Lipinski definition) is 1. The summed E-state index contributed by atoms with van der Waals surface area (Å²) in [5.74, 6) is 0.778. The Morgan fingerprint density at radius 3 is 2.94 bits per heavy atom. The Balaban J connectivity index is 2.47. The van der Waals surface area contributed by atoms with Crippen LogP contribution in [-0.4, -0.2) is 15.5 Å². The van der Waals surface area contributed by atoms with E-state index in [0.29, 0.717) is 18.8 Å². The van der Waals surface area contributed by atoms with Gasteiger partial charge in [-0.2, -0.15) is 0 Å². The molecule has 2 N–H and O–H groups in total. The number of aryl methyl sites for hydroxylation is 2. The third kappa shape index (κ3) is 2.42. The maximum atomic E-state index is 10.8. The van der Waals surface area contributed by atoms with Gasteiger partial charge in [0.25, 0.3) is 0 Å². The molecule has 5 heteroatoms. The van der Waals surface area contributed by atoms with E-state index in [4.69, 9.17) is 17.3 Å². The largest absolute Gasteiger partial charge is 0.370 e. The number of carbonyl (C=O) groups excluding carboxylic acids is 1. The molecule has 0 fully saturated rings. The lowest BCUT2D eigenvalue weighted by Crippen LogP contribution is -2.14. The number of hydrogen-bond acceptors (Lipinski definition) is 2. The van der Waals surface area contributed by atoms with Gasteiger partial charge in [0.15, 0.2) is 0 Å². The molecule has 1 aromatic carbocycles. The molecule has 0 unspecified atom stereocenters. The van der Waals surface area contributed by atoms with E-state index in [1.54, 1.807) is 0 Å². The van der Waals surface area contributed by atoms with Crippen molar-refractivity contribution in [3.8, 4) is 0 Å². The number of imidazole rings is 1. The lowest BCUT2D eigenvalue weighted by atomic mass is 10.2. The summed E-state index contributed by atoms with van der Waals surface area (Å²) >= 11 is 5.86. The van der Waals surface area contributed by atoms with E-state index in [1.807, 2.05) is 29.7 Å². The lowest BCUT2D eigenvalue weighted by Gasteiger charge is -2.05. The summed E-state index contributed by atoms with van der Waals surface area (Å²) in [6.45, 7) is 2.54. The molecule has 0 saturated carbocycles. The Morgan fingerprint density at radius 2 is 2.29 bits per heavy atom. The Bertz CT molecular complexity index is 562. The number of alkyl halides is 1. The van der Waals surface area contributed by atoms with Gasteiger partial charge in [-0.15, -0.1) is 11.6 Å². The molecule has 90 valence electrons. The molecule has 1 heterocycles. The molecule has 0 aliphatic carbocycles. The molecule has 0 aliphatic rings. The van der Waals surface area contributed by atoms with Gasteiger partial charge < -0.3 is 10.3 Å². The van der Waals surface area contributed by atoms with E-state index in [9.17, 15) is 4.79 Å². The maximum Gasteiger partial charge on any atom is 0.219 e. The van der Waals surface area contributed by atoms with Gasteiger partial charge in [-0.05, 0) is 24.6 Å². The normalized spacial score (nSPS) is 10.9. The molecule has 0 bridgehead atoms. The molecule has 2 rings (SSSR count). The Kier molecular flexibility index (Phi) is 3.33. The summed E-state index contributed by atoms with van der Waals surface area (Å²) in [6, 6.07) is 6.02. The van der Waals surface area contributed by atoms with Gasteiger partial charge in [-0.25, -0.2) is 4.98 Å². The van der Waals surface area contributed by atoms with Crippen LogP contribution < -0.4 is 5.73 Å². The van der Waals surface area contributed by atoms with E-state index in [1.165, 1.54) is 0 Å². The first-order chi connectivity index (χ1) is 8.11. The fraction of sp³-hybridized carbons (Fsp3) is 0.333. The summed E-state index contributed by atoms with van der Waals surface area (Å²) < 4.78 is 1.95. The summed E-state index contributed by atoms with van der Waals surface area (Å²) in [5, 5.41) is 0. The van der Waals surface area contributed by atoms with Crippen molar-refractivity contribution >= 4 is 28.5 Å². The Labute approximate surface area is 104 Å². The minimum absolute atomic E-state index is 0.295. The second-order valence-corrected chi connectivity index (χ2v) is 4.29. The number of rotatable bonds is 4. The van der Waals surface area contributed by atoms with Gasteiger partial charge in [0.05, 0.1) is 16.9 Å². The highest BCUT2D eigenvalue weighted by Crippen LogP contribution is 2.19. The van der Waals surface area contributed by atoms with E-state index in [2.05, 4.69) is 4.98 Å². The molecule has 0 aliphatic heterocycles. The van der Waals surface area contributed by atoms with E-state index >= 15 is 0 Å². The van der Waals surface area contributed by atoms with Gasteiger partial charge in [-0.1, -0.05) is 6.07 Å². The number of carbonyl (C=O) groups is 1. The number of nitrogens with two attached hydrogens (primary N) is 1. The number of fused-ring (bicyclic) bond motifs is 1. The third-order valence-corrected chi connectivity index (χ3v) is 2.92. The zero-order valence-electron chi connectivity index (χ0n) is 9.61. The average molecular weight is 252 g/mol. The van der Waals surface area contributed by atoms with Crippen LogP contribution in [0.25, 0.3) is 11.0 Å². The van der Waals surface area contributed by atoms with Gasteiger partial charge in [0.1, 0.15) is 5.82 Å². The second kappa shape index (κ2) is 4.75. The summed E-state index contributed by atoms with van der Waals surface area (Å²) in [5.41, 5.74) is 8.21. The molecular formula is C12H14ClN3O. The molecule has 0 saturated heterocycles. The highest BCUT2D eigenvalue weighted by atomic mass is 35.5. The van der Waals surface area contributed by atoms with Gasteiger partial charge in [0.2, 0.25) is 5.91 Å². The zero-order chi connectivity index (χ0) is 12.4. The fourth-order valence-corrected chi connectivity index (χ4v) is 2.07. The zero-order valence-corrected chi connectivity index (χ0v) is 10.4. The van der Waals surface area contributed by atoms with Crippen molar-refractivity contribution in [3.63, 3.8) is 0 Å². The van der Waals surface area contributed by atoms with Gasteiger partial charge in [0, 0.05) is 13.0 Å². The van der Waals surface area contributed by atoms with Crippen molar-refractivity contribution in [2.75, 3.05) is 0 Å². The summed E-state index contributed by atoms with van der Waals surface area (Å²) in [6.07, 6.45) is 0.295. The van der Waals surface area contributed by atoms with Crippen molar-refractivity contribution in [3.05, 3.63) is 29.6 Å². The van der Waals surface area contributed by atoms with Crippen molar-refractivity contribution in [1.82, 2.24) is 9.55 Å². The van der Waals surface area contributed by atoms with E-state index < -0.39 is 0 Å². The smallest absolute Gasteiger partial charge is 0.219 e. The first kappa shape index (κ1) is 11.9. The maximum absolute atomic E-state index is 10.8. The van der Waals surface area contributed by atoms with Crippen molar-refractivity contribution in [1.29, 1.82) is 0 Å².